The van der Waals surface area contributed by atoms with Crippen molar-refractivity contribution in [2.24, 2.45) is 0 Å². The molecule has 5 heteroatoms. The van der Waals surface area contributed by atoms with Crippen molar-refractivity contribution in [1.82, 2.24) is 4.90 Å². The Bertz CT molecular complexity index is 740. The first kappa shape index (κ1) is 17.8. The Balaban J connectivity index is 1.67. The van der Waals surface area contributed by atoms with Gasteiger partial charge in [-0.2, -0.15) is 0 Å². The predicted molar refractivity (Wildman–Crippen MR) is 101 cm³/mol. The third kappa shape index (κ3) is 3.66. The van der Waals surface area contributed by atoms with Crippen molar-refractivity contribution < 1.29 is 14.3 Å². The number of nitrogens with zero attached hydrogens (tertiary/aromatic N) is 1. The molecule has 0 saturated carbocycles. The quantitative estimate of drug-likeness (QED) is 0.774. The van der Waals surface area contributed by atoms with Crippen molar-refractivity contribution in [3.63, 3.8) is 0 Å². The largest absolute Gasteiger partial charge is 0.493 e. The minimum Gasteiger partial charge on any atom is -0.493 e. The molecular formula is C20H25NO3S. The van der Waals surface area contributed by atoms with Crippen LogP contribution in [0.3, 0.4) is 0 Å². The van der Waals surface area contributed by atoms with Crippen molar-refractivity contribution in [1.29, 1.82) is 0 Å². The Morgan fingerprint density at radius 2 is 2.04 bits per heavy atom. The summed E-state index contributed by atoms with van der Waals surface area (Å²) in [5.41, 5.74) is 2.44. The van der Waals surface area contributed by atoms with Gasteiger partial charge in [0.15, 0.2) is 11.5 Å². The molecule has 0 radical (unpaired) electrons. The number of amides is 1. The summed E-state index contributed by atoms with van der Waals surface area (Å²) < 4.78 is 10.6. The summed E-state index contributed by atoms with van der Waals surface area (Å²) in [6.07, 6.45) is 3.17. The summed E-state index contributed by atoms with van der Waals surface area (Å²) in [5.74, 6) is 1.66. The molecule has 0 unspecified atom stereocenters. The number of benzene rings is 1. The Morgan fingerprint density at radius 1 is 1.24 bits per heavy atom. The predicted octanol–water partition coefficient (Wildman–Crippen LogP) is 4.23. The number of rotatable bonds is 6. The van der Waals surface area contributed by atoms with Gasteiger partial charge in [-0.3, -0.25) is 4.79 Å². The van der Waals surface area contributed by atoms with Gasteiger partial charge in [0.05, 0.1) is 20.3 Å². The van der Waals surface area contributed by atoms with Crippen molar-refractivity contribution in [2.45, 2.75) is 38.6 Å². The Hall–Kier alpha value is -2.01. The van der Waals surface area contributed by atoms with E-state index in [4.69, 9.17) is 9.47 Å². The maximum Gasteiger partial charge on any atom is 0.223 e. The van der Waals surface area contributed by atoms with E-state index >= 15 is 0 Å². The molecule has 1 amide bonds. The van der Waals surface area contributed by atoms with E-state index in [0.29, 0.717) is 24.3 Å². The molecule has 4 nitrogen and oxygen atoms in total. The van der Waals surface area contributed by atoms with Crippen LogP contribution in [0, 0.1) is 0 Å². The molecule has 2 aromatic rings. The van der Waals surface area contributed by atoms with Gasteiger partial charge in [-0.25, -0.2) is 0 Å². The highest BCUT2D eigenvalue weighted by atomic mass is 32.1. The molecule has 2 heterocycles. The van der Waals surface area contributed by atoms with Gasteiger partial charge in [0, 0.05) is 17.8 Å². The summed E-state index contributed by atoms with van der Waals surface area (Å²) in [7, 11) is 3.26. The van der Waals surface area contributed by atoms with Gasteiger partial charge < -0.3 is 14.4 Å². The van der Waals surface area contributed by atoms with Gasteiger partial charge >= 0.3 is 0 Å². The number of fused-ring (bicyclic) bond motifs is 1. The fraction of sp³-hybridized carbons (Fsp3) is 0.450. The SMILES string of the molecule is CC[C@@H]1c2ccsc2CCN1C(=O)CCc1ccc(OC)c(OC)c1. The number of carbonyl (C=O) groups is 1. The summed E-state index contributed by atoms with van der Waals surface area (Å²) >= 11 is 1.81. The van der Waals surface area contributed by atoms with Crippen LogP contribution in [0.5, 0.6) is 11.5 Å². The minimum absolute atomic E-state index is 0.230. The summed E-state index contributed by atoms with van der Waals surface area (Å²) in [5, 5.41) is 2.14. The number of aryl methyl sites for hydroxylation is 1. The first-order valence-electron chi connectivity index (χ1n) is 8.74. The lowest BCUT2D eigenvalue weighted by Gasteiger charge is -2.35. The summed E-state index contributed by atoms with van der Waals surface area (Å²) in [4.78, 5) is 16.3. The highest BCUT2D eigenvalue weighted by Crippen LogP contribution is 2.35. The van der Waals surface area contributed by atoms with Gasteiger partial charge in [-0.15, -0.1) is 11.3 Å². The number of carbonyl (C=O) groups excluding carboxylic acids is 1. The van der Waals surface area contributed by atoms with Gasteiger partial charge in [-0.05, 0) is 54.0 Å². The Kier molecular flexibility index (Phi) is 5.63. The van der Waals surface area contributed by atoms with Crippen LogP contribution >= 0.6 is 11.3 Å². The second-order valence-corrected chi connectivity index (χ2v) is 7.25. The molecule has 0 spiro atoms. The maximum absolute atomic E-state index is 12.8. The fourth-order valence-corrected chi connectivity index (χ4v) is 4.49. The molecule has 0 fully saturated rings. The zero-order valence-electron chi connectivity index (χ0n) is 15.1. The van der Waals surface area contributed by atoms with Crippen molar-refractivity contribution in [3.05, 3.63) is 45.6 Å². The van der Waals surface area contributed by atoms with Crippen LogP contribution in [-0.2, 0) is 17.6 Å². The molecule has 1 aliphatic heterocycles. The highest BCUT2D eigenvalue weighted by molar-refractivity contribution is 7.10. The van der Waals surface area contributed by atoms with Crippen LogP contribution in [0.15, 0.2) is 29.6 Å². The van der Waals surface area contributed by atoms with E-state index in [2.05, 4.69) is 23.3 Å². The van der Waals surface area contributed by atoms with Gasteiger partial charge in [0.25, 0.3) is 0 Å². The molecule has 0 aliphatic carbocycles. The molecule has 1 aromatic heterocycles. The molecule has 3 rings (SSSR count). The van der Waals surface area contributed by atoms with Crippen LogP contribution < -0.4 is 9.47 Å². The van der Waals surface area contributed by atoms with Gasteiger partial charge in [0.1, 0.15) is 0 Å². The van der Waals surface area contributed by atoms with Gasteiger partial charge in [-0.1, -0.05) is 13.0 Å². The molecule has 1 aromatic carbocycles. The Labute approximate surface area is 153 Å². The van der Waals surface area contributed by atoms with E-state index in [0.717, 1.165) is 24.9 Å². The highest BCUT2D eigenvalue weighted by Gasteiger charge is 2.29. The lowest BCUT2D eigenvalue weighted by molar-refractivity contribution is -0.134. The van der Waals surface area contributed by atoms with E-state index in [9.17, 15) is 4.79 Å². The topological polar surface area (TPSA) is 38.8 Å². The molecule has 1 atom stereocenters. The van der Waals surface area contributed by atoms with E-state index < -0.39 is 0 Å². The van der Waals surface area contributed by atoms with E-state index in [1.54, 1.807) is 14.2 Å². The number of hydrogen-bond acceptors (Lipinski definition) is 4. The molecule has 0 bridgehead atoms. The lowest BCUT2D eigenvalue weighted by atomic mass is 9.97. The second kappa shape index (κ2) is 7.91. The molecule has 0 saturated heterocycles. The first-order valence-corrected chi connectivity index (χ1v) is 9.62. The number of hydrogen-bond donors (Lipinski definition) is 0. The number of methoxy groups -OCH3 is 2. The zero-order valence-corrected chi connectivity index (χ0v) is 15.9. The van der Waals surface area contributed by atoms with Crippen molar-refractivity contribution in [3.8, 4) is 11.5 Å². The maximum atomic E-state index is 12.8. The zero-order chi connectivity index (χ0) is 17.8. The molecule has 1 aliphatic rings. The number of ether oxygens (including phenoxy) is 2. The van der Waals surface area contributed by atoms with Crippen LogP contribution in [0.4, 0.5) is 0 Å². The van der Waals surface area contributed by atoms with Gasteiger partial charge in [0.2, 0.25) is 5.91 Å². The first-order chi connectivity index (χ1) is 12.2. The summed E-state index contributed by atoms with van der Waals surface area (Å²) in [6, 6.07) is 8.26. The fourth-order valence-electron chi connectivity index (χ4n) is 3.57. The number of thiophene rings is 1. The van der Waals surface area contributed by atoms with Crippen molar-refractivity contribution >= 4 is 17.2 Å². The smallest absolute Gasteiger partial charge is 0.223 e. The minimum atomic E-state index is 0.230. The average Bonchev–Trinajstić information content (AvgIpc) is 3.13. The summed E-state index contributed by atoms with van der Waals surface area (Å²) in [6.45, 7) is 2.99. The van der Waals surface area contributed by atoms with Crippen molar-refractivity contribution in [2.75, 3.05) is 20.8 Å². The standard InChI is InChI=1S/C20H25NO3S/c1-4-16-15-10-12-25-19(15)9-11-21(16)20(22)8-6-14-5-7-17(23-2)18(13-14)24-3/h5,7,10,12-13,16H,4,6,8-9,11H2,1-3H3/t16-/m1/s1. The van der Waals surface area contributed by atoms with Crippen LogP contribution in [-0.4, -0.2) is 31.6 Å². The monoisotopic (exact) mass is 359 g/mol. The third-order valence-electron chi connectivity index (χ3n) is 4.88. The van der Waals surface area contributed by atoms with Crippen LogP contribution in [0.1, 0.15) is 41.8 Å². The Morgan fingerprint density at radius 3 is 2.76 bits per heavy atom. The lowest BCUT2D eigenvalue weighted by Crippen LogP contribution is -2.39. The van der Waals surface area contributed by atoms with E-state index in [1.165, 1.54) is 10.4 Å². The van der Waals surface area contributed by atoms with Crippen LogP contribution in [0.25, 0.3) is 0 Å². The van der Waals surface area contributed by atoms with E-state index in [1.807, 2.05) is 29.5 Å². The molecule has 134 valence electrons. The molecular weight excluding hydrogens is 334 g/mol. The van der Waals surface area contributed by atoms with Crippen LogP contribution in [0.2, 0.25) is 0 Å². The molecule has 25 heavy (non-hydrogen) atoms. The average molecular weight is 359 g/mol. The molecule has 0 N–H and O–H groups in total. The second-order valence-electron chi connectivity index (χ2n) is 6.25. The third-order valence-corrected chi connectivity index (χ3v) is 5.87. The normalized spacial score (nSPS) is 16.4. The van der Waals surface area contributed by atoms with E-state index in [-0.39, 0.29) is 11.9 Å².